The lowest BCUT2D eigenvalue weighted by atomic mass is 10.3. The van der Waals surface area contributed by atoms with Crippen LogP contribution in [0, 0.1) is 28.1 Å². The van der Waals surface area contributed by atoms with Crippen LogP contribution < -0.4 is 11.6 Å². The van der Waals surface area contributed by atoms with Crippen molar-refractivity contribution >= 4 is 6.34 Å². The smallest absolute Gasteiger partial charge is 0.170 e. The van der Waals surface area contributed by atoms with E-state index in [0.29, 0.717) is 11.3 Å². The first-order valence-corrected chi connectivity index (χ1v) is 2.51. The highest BCUT2D eigenvalue weighted by Gasteiger charge is 2.05. The van der Waals surface area contributed by atoms with Gasteiger partial charge in [-0.25, -0.2) is 5.84 Å². The van der Waals surface area contributed by atoms with E-state index in [1.165, 1.54) is 0 Å². The monoisotopic (exact) mass is 150 g/mol. The average molecular weight is 150 g/mol. The fourth-order valence-electron chi connectivity index (χ4n) is 0.375. The lowest BCUT2D eigenvalue weighted by Gasteiger charge is -2.08. The largest absolute Gasteiger partial charge is 0.388 e. The Morgan fingerprint density at radius 1 is 1.45 bits per heavy atom. The van der Waals surface area contributed by atoms with Crippen LogP contribution in [0.5, 0.6) is 0 Å². The third-order valence-electron chi connectivity index (χ3n) is 0.879. The van der Waals surface area contributed by atoms with Crippen LogP contribution in [0.3, 0.4) is 0 Å². The highest BCUT2D eigenvalue weighted by atomic mass is 15.4. The number of nitrogens with zero attached hydrogens (tertiary/aromatic N) is 3. The molecule has 0 aliphatic carbocycles. The zero-order valence-corrected chi connectivity index (χ0v) is 5.57. The van der Waals surface area contributed by atoms with Gasteiger partial charge in [0.25, 0.3) is 0 Å². The quantitative estimate of drug-likeness (QED) is 0.153. The van der Waals surface area contributed by atoms with Crippen molar-refractivity contribution in [1.29, 1.82) is 15.9 Å². The molecule has 0 bridgehead atoms. The first kappa shape index (κ1) is 8.95. The van der Waals surface area contributed by atoms with Crippen molar-refractivity contribution in [3.05, 3.63) is 11.4 Å². The summed E-state index contributed by atoms with van der Waals surface area (Å²) in [5.41, 5.74) is 4.53. The van der Waals surface area contributed by atoms with Crippen molar-refractivity contribution in [1.82, 2.24) is 5.01 Å². The number of hydrogen-bond donors (Lipinski definition) is 3. The topological polar surface area (TPSA) is 127 Å². The van der Waals surface area contributed by atoms with Crippen LogP contribution in [0.15, 0.2) is 11.4 Å². The van der Waals surface area contributed by atoms with Gasteiger partial charge in [-0.1, -0.05) is 0 Å². The fourth-order valence-corrected chi connectivity index (χ4v) is 0.375. The maximum Gasteiger partial charge on any atom is 0.170 e. The normalized spacial score (nSPS) is 10.5. The van der Waals surface area contributed by atoms with Crippen molar-refractivity contribution in [3.63, 3.8) is 0 Å². The van der Waals surface area contributed by atoms with E-state index in [9.17, 15) is 0 Å². The van der Waals surface area contributed by atoms with Crippen LogP contribution in [0.25, 0.3) is 0 Å². The Hall–Kier alpha value is -2.05. The third kappa shape index (κ3) is 1.97. The summed E-state index contributed by atoms with van der Waals surface area (Å²) >= 11 is 0. The molecule has 6 heteroatoms. The molecule has 5 N–H and O–H groups in total. The molecule has 0 fully saturated rings. The number of rotatable bonds is 2. The fraction of sp³-hybridized carbons (Fsp3) is 0. The molecule has 0 saturated carbocycles. The van der Waals surface area contributed by atoms with Gasteiger partial charge < -0.3 is 5.73 Å². The molecular weight excluding hydrogens is 144 g/mol. The van der Waals surface area contributed by atoms with E-state index in [4.69, 9.17) is 27.5 Å². The minimum Gasteiger partial charge on any atom is -0.388 e. The number of hydrazine groups is 1. The summed E-state index contributed by atoms with van der Waals surface area (Å²) in [6.45, 7) is 0. The SMILES string of the molecule is N#C/C(N)=C(\C#N)N(N)C=N. The summed E-state index contributed by atoms with van der Waals surface area (Å²) in [5.74, 6) is 5.08. The summed E-state index contributed by atoms with van der Waals surface area (Å²) in [4.78, 5) is 0. The molecular formula is C5H6N6. The van der Waals surface area contributed by atoms with Crippen LogP contribution in [0.4, 0.5) is 0 Å². The zero-order chi connectivity index (χ0) is 8.85. The Labute approximate surface area is 63.4 Å². The van der Waals surface area contributed by atoms with Crippen LogP contribution in [-0.2, 0) is 0 Å². The van der Waals surface area contributed by atoms with Crippen LogP contribution in [0.1, 0.15) is 0 Å². The van der Waals surface area contributed by atoms with E-state index in [0.717, 1.165) is 0 Å². The van der Waals surface area contributed by atoms with Crippen LogP contribution in [-0.4, -0.2) is 11.3 Å². The molecule has 6 nitrogen and oxygen atoms in total. The molecule has 0 aromatic carbocycles. The molecule has 0 aliphatic heterocycles. The number of nitrogens with one attached hydrogen (secondary N) is 1. The van der Waals surface area contributed by atoms with E-state index in [1.54, 1.807) is 12.1 Å². The molecule has 0 saturated heterocycles. The van der Waals surface area contributed by atoms with Gasteiger partial charge in [0.15, 0.2) is 5.70 Å². The van der Waals surface area contributed by atoms with E-state index in [1.807, 2.05) is 0 Å². The van der Waals surface area contributed by atoms with Gasteiger partial charge in [-0.05, 0) is 0 Å². The lowest BCUT2D eigenvalue weighted by Crippen LogP contribution is -2.29. The molecule has 0 radical (unpaired) electrons. The summed E-state index contributed by atoms with van der Waals surface area (Å²) < 4.78 is 0. The Morgan fingerprint density at radius 3 is 2.27 bits per heavy atom. The highest BCUT2D eigenvalue weighted by molar-refractivity contribution is 5.56. The summed E-state index contributed by atoms with van der Waals surface area (Å²) in [6, 6.07) is 3.13. The predicted octanol–water partition coefficient (Wildman–Crippen LogP) is -1.01. The van der Waals surface area contributed by atoms with Crippen molar-refractivity contribution in [2.24, 2.45) is 11.6 Å². The highest BCUT2D eigenvalue weighted by Crippen LogP contribution is 1.96. The maximum atomic E-state index is 8.37. The molecule has 0 heterocycles. The molecule has 56 valence electrons. The van der Waals surface area contributed by atoms with Gasteiger partial charge in [0.05, 0.1) is 0 Å². The average Bonchev–Trinajstić information content (AvgIpc) is 2.05. The minimum atomic E-state index is -0.307. The van der Waals surface area contributed by atoms with Gasteiger partial charge in [-0.15, -0.1) is 0 Å². The molecule has 0 aliphatic rings. The van der Waals surface area contributed by atoms with Gasteiger partial charge in [0.2, 0.25) is 0 Å². The first-order chi connectivity index (χ1) is 5.17. The molecule has 0 unspecified atom stereocenters. The summed E-state index contributed by atoms with van der Waals surface area (Å²) in [5, 5.41) is 23.9. The van der Waals surface area contributed by atoms with Gasteiger partial charge in [-0.3, -0.25) is 10.4 Å². The molecule has 0 spiro atoms. The Balaban J connectivity index is 4.87. The van der Waals surface area contributed by atoms with Gasteiger partial charge >= 0.3 is 0 Å². The third-order valence-corrected chi connectivity index (χ3v) is 0.879. The second-order valence-electron chi connectivity index (χ2n) is 1.52. The van der Waals surface area contributed by atoms with E-state index >= 15 is 0 Å². The number of nitrogens with two attached hydrogens (primary N) is 2. The van der Waals surface area contributed by atoms with Crippen LogP contribution >= 0.6 is 0 Å². The first-order valence-electron chi connectivity index (χ1n) is 2.51. The molecule has 0 atom stereocenters. The molecule has 0 rings (SSSR count). The van der Waals surface area contributed by atoms with Gasteiger partial charge in [-0.2, -0.15) is 10.5 Å². The predicted molar refractivity (Wildman–Crippen MR) is 37.2 cm³/mol. The molecule has 0 aromatic heterocycles. The molecule has 0 amide bonds. The van der Waals surface area contributed by atoms with Crippen LogP contribution in [0.2, 0.25) is 0 Å². The van der Waals surface area contributed by atoms with E-state index in [2.05, 4.69) is 0 Å². The van der Waals surface area contributed by atoms with Crippen molar-refractivity contribution in [2.75, 3.05) is 0 Å². The zero-order valence-electron chi connectivity index (χ0n) is 5.57. The Bertz CT molecular complexity index is 264. The number of hydrogen-bond acceptors (Lipinski definition) is 5. The molecule has 0 aromatic rings. The number of nitriles is 2. The standard InChI is InChI=1S/C5H6N6/c6-1-4(9)5(2-7)11(10)3-8/h3,8H,9-10H2/b5-4-,8-3?. The Kier molecular flexibility index (Phi) is 3.16. The van der Waals surface area contributed by atoms with Crippen molar-refractivity contribution in [3.8, 4) is 12.1 Å². The second-order valence-corrected chi connectivity index (χ2v) is 1.52. The summed E-state index contributed by atoms with van der Waals surface area (Å²) in [6.07, 6.45) is 0.683. The van der Waals surface area contributed by atoms with Crippen molar-refractivity contribution < 1.29 is 0 Å². The van der Waals surface area contributed by atoms with E-state index < -0.39 is 0 Å². The maximum absolute atomic E-state index is 8.37. The summed E-state index contributed by atoms with van der Waals surface area (Å²) in [7, 11) is 0. The van der Waals surface area contributed by atoms with Gasteiger partial charge in [0, 0.05) is 0 Å². The van der Waals surface area contributed by atoms with Crippen molar-refractivity contribution in [2.45, 2.75) is 0 Å². The lowest BCUT2D eigenvalue weighted by molar-refractivity contribution is 0.574. The molecule has 11 heavy (non-hydrogen) atoms. The minimum absolute atomic E-state index is 0.234. The number of allylic oxidation sites excluding steroid dienone is 2. The van der Waals surface area contributed by atoms with Gasteiger partial charge in [0.1, 0.15) is 24.2 Å². The second kappa shape index (κ2) is 3.88. The van der Waals surface area contributed by atoms with E-state index in [-0.39, 0.29) is 11.4 Å². The Morgan fingerprint density at radius 2 is 2.00 bits per heavy atom.